The van der Waals surface area contributed by atoms with Gasteiger partial charge < -0.3 is 0 Å². The first-order chi connectivity index (χ1) is 8.30. The average Bonchev–Trinajstić information content (AvgIpc) is 2.66. The zero-order valence-electron chi connectivity index (χ0n) is 12.2. The van der Waals surface area contributed by atoms with Gasteiger partial charge in [0.25, 0.3) is 5.82 Å². The maximum Gasteiger partial charge on any atom is 0.287 e. The molecule has 0 radical (unpaired) electrons. The second-order valence-corrected chi connectivity index (χ2v) is 5.93. The molecule has 2 heterocycles. The van der Waals surface area contributed by atoms with E-state index < -0.39 is 0 Å². The maximum absolute atomic E-state index is 4.31. The van der Waals surface area contributed by atoms with Gasteiger partial charge >= 0.3 is 0 Å². The van der Waals surface area contributed by atoms with E-state index in [2.05, 4.69) is 61.0 Å². The van der Waals surface area contributed by atoms with Gasteiger partial charge in [-0.05, 0) is 18.6 Å². The number of imidazole rings is 1. The van der Waals surface area contributed by atoms with E-state index >= 15 is 0 Å². The summed E-state index contributed by atoms with van der Waals surface area (Å²) < 4.78 is 4.38. The smallest absolute Gasteiger partial charge is 0.233 e. The normalized spacial score (nSPS) is 11.9. The molecule has 18 heavy (non-hydrogen) atoms. The second kappa shape index (κ2) is 4.23. The van der Waals surface area contributed by atoms with Gasteiger partial charge in [-0.25, -0.2) is 9.55 Å². The molecule has 0 bridgehead atoms. The molecule has 0 aliphatic rings. The highest BCUT2D eigenvalue weighted by molar-refractivity contribution is 5.28. The third-order valence-corrected chi connectivity index (χ3v) is 3.27. The summed E-state index contributed by atoms with van der Waals surface area (Å²) in [7, 11) is 2.12. The van der Waals surface area contributed by atoms with Crippen LogP contribution in [-0.2, 0) is 12.5 Å². The monoisotopic (exact) mass is 244 g/mol. The van der Waals surface area contributed by atoms with Gasteiger partial charge in [0.2, 0.25) is 0 Å². The van der Waals surface area contributed by atoms with Crippen LogP contribution in [0.3, 0.4) is 0 Å². The first-order valence-corrected chi connectivity index (χ1v) is 6.32. The lowest BCUT2D eigenvalue weighted by Crippen LogP contribution is -2.43. The number of rotatable bonds is 1. The van der Waals surface area contributed by atoms with Crippen LogP contribution in [0.2, 0.25) is 0 Å². The Morgan fingerprint density at radius 3 is 2.33 bits per heavy atom. The quantitative estimate of drug-likeness (QED) is 0.707. The van der Waals surface area contributed by atoms with Gasteiger partial charge in [-0.2, -0.15) is 4.57 Å². The van der Waals surface area contributed by atoms with Gasteiger partial charge in [0.1, 0.15) is 11.9 Å². The summed E-state index contributed by atoms with van der Waals surface area (Å²) in [5.74, 6) is 2.17. The Morgan fingerprint density at radius 1 is 1.17 bits per heavy atom. The van der Waals surface area contributed by atoms with Crippen LogP contribution in [0.1, 0.15) is 37.9 Å². The average molecular weight is 244 g/mol. The number of aryl methyl sites for hydroxylation is 2. The van der Waals surface area contributed by atoms with E-state index in [0.717, 1.165) is 11.6 Å². The molecule has 0 spiro atoms. The second-order valence-electron chi connectivity index (χ2n) is 5.93. The fourth-order valence-electron chi connectivity index (χ4n) is 2.35. The zero-order chi connectivity index (χ0) is 13.5. The molecule has 0 saturated heterocycles. The minimum Gasteiger partial charge on any atom is -0.233 e. The first kappa shape index (κ1) is 12.8. The molecule has 2 rings (SSSR count). The topological polar surface area (TPSA) is 21.7 Å². The van der Waals surface area contributed by atoms with Crippen molar-refractivity contribution in [2.45, 2.75) is 40.0 Å². The van der Waals surface area contributed by atoms with Gasteiger partial charge in [-0.3, -0.25) is 0 Å². The summed E-state index contributed by atoms with van der Waals surface area (Å²) in [4.78, 5) is 4.31. The third kappa shape index (κ3) is 2.17. The van der Waals surface area contributed by atoms with Crippen molar-refractivity contribution in [3.8, 4) is 5.82 Å². The van der Waals surface area contributed by atoms with E-state index in [9.17, 15) is 0 Å². The van der Waals surface area contributed by atoms with Crippen LogP contribution in [0.4, 0.5) is 0 Å². The highest BCUT2D eigenvalue weighted by Crippen LogP contribution is 2.21. The van der Waals surface area contributed by atoms with Crippen molar-refractivity contribution in [2.75, 3.05) is 0 Å². The van der Waals surface area contributed by atoms with Crippen LogP contribution < -0.4 is 4.57 Å². The molecule has 2 aromatic rings. The molecule has 3 heteroatoms. The SMILES string of the molecule is Cc1cc(-n2ccnc2C)[n+](C)c(C(C)(C)C)c1. The molecule has 0 aliphatic carbocycles. The van der Waals surface area contributed by atoms with Gasteiger partial charge in [-0.1, -0.05) is 20.8 Å². The molecule has 0 unspecified atom stereocenters. The van der Waals surface area contributed by atoms with Crippen LogP contribution in [0.25, 0.3) is 5.82 Å². The lowest BCUT2D eigenvalue weighted by Gasteiger charge is -2.20. The maximum atomic E-state index is 4.31. The van der Waals surface area contributed by atoms with E-state index in [-0.39, 0.29) is 5.41 Å². The van der Waals surface area contributed by atoms with Crippen molar-refractivity contribution in [3.63, 3.8) is 0 Å². The molecule has 96 valence electrons. The summed E-state index contributed by atoms with van der Waals surface area (Å²) in [6, 6.07) is 4.46. The van der Waals surface area contributed by atoms with Gasteiger partial charge in [0, 0.05) is 18.4 Å². The van der Waals surface area contributed by atoms with E-state index in [1.54, 1.807) is 0 Å². The molecule has 0 fully saturated rings. The Morgan fingerprint density at radius 2 is 1.83 bits per heavy atom. The van der Waals surface area contributed by atoms with Gasteiger partial charge in [-0.15, -0.1) is 0 Å². The van der Waals surface area contributed by atoms with Crippen molar-refractivity contribution < 1.29 is 4.57 Å². The Labute approximate surface area is 109 Å². The van der Waals surface area contributed by atoms with Gasteiger partial charge in [0.15, 0.2) is 5.82 Å². The fourth-order valence-corrected chi connectivity index (χ4v) is 2.35. The molecular formula is C15H22N3+. The van der Waals surface area contributed by atoms with Crippen molar-refractivity contribution in [2.24, 2.45) is 7.05 Å². The number of pyridine rings is 1. The van der Waals surface area contributed by atoms with E-state index in [1.807, 2.05) is 19.3 Å². The van der Waals surface area contributed by atoms with E-state index in [4.69, 9.17) is 0 Å². The third-order valence-electron chi connectivity index (χ3n) is 3.27. The zero-order valence-corrected chi connectivity index (χ0v) is 12.2. The predicted molar refractivity (Wildman–Crippen MR) is 72.9 cm³/mol. The molecule has 0 atom stereocenters. The molecule has 0 aliphatic heterocycles. The van der Waals surface area contributed by atoms with E-state index in [0.29, 0.717) is 0 Å². The highest BCUT2D eigenvalue weighted by Gasteiger charge is 2.24. The summed E-state index contributed by atoms with van der Waals surface area (Å²) in [5.41, 5.74) is 2.73. The fraction of sp³-hybridized carbons (Fsp3) is 0.467. The molecule has 3 nitrogen and oxygen atoms in total. The minimum absolute atomic E-state index is 0.129. The van der Waals surface area contributed by atoms with Crippen LogP contribution in [0, 0.1) is 13.8 Å². The van der Waals surface area contributed by atoms with Crippen LogP contribution in [0.15, 0.2) is 24.5 Å². The Kier molecular flexibility index (Phi) is 3.01. The number of hydrogen-bond donors (Lipinski definition) is 0. The minimum atomic E-state index is 0.129. The number of aromatic nitrogens is 3. The predicted octanol–water partition coefficient (Wildman–Crippen LogP) is 2.61. The highest BCUT2D eigenvalue weighted by atomic mass is 15.2. The standard InChI is InChI=1S/C15H22N3/c1-11-9-13(15(3,4)5)17(6)14(10-11)18-8-7-16-12(18)2/h7-10H,1-6H3/q+1. The lowest BCUT2D eigenvalue weighted by atomic mass is 9.90. The summed E-state index contributed by atoms with van der Waals surface area (Å²) in [6.07, 6.45) is 3.85. The van der Waals surface area contributed by atoms with Crippen molar-refractivity contribution >= 4 is 0 Å². The van der Waals surface area contributed by atoms with Crippen molar-refractivity contribution in [1.82, 2.24) is 9.55 Å². The van der Waals surface area contributed by atoms with Crippen LogP contribution >= 0.6 is 0 Å². The Bertz CT molecular complexity index is 574. The Hall–Kier alpha value is -1.64. The van der Waals surface area contributed by atoms with Crippen LogP contribution in [0.5, 0.6) is 0 Å². The number of nitrogens with zero attached hydrogens (tertiary/aromatic N) is 3. The molecule has 0 N–H and O–H groups in total. The molecule has 2 aromatic heterocycles. The first-order valence-electron chi connectivity index (χ1n) is 6.32. The Balaban J connectivity index is 2.70. The summed E-state index contributed by atoms with van der Waals surface area (Å²) in [5, 5.41) is 0. The molecular weight excluding hydrogens is 222 g/mol. The molecule has 0 aromatic carbocycles. The van der Waals surface area contributed by atoms with Crippen molar-refractivity contribution in [3.05, 3.63) is 41.6 Å². The lowest BCUT2D eigenvalue weighted by molar-refractivity contribution is -0.676. The summed E-state index contributed by atoms with van der Waals surface area (Å²) >= 11 is 0. The number of hydrogen-bond acceptors (Lipinski definition) is 1. The molecule has 0 saturated carbocycles. The largest absolute Gasteiger partial charge is 0.287 e. The molecule has 0 amide bonds. The van der Waals surface area contributed by atoms with E-state index in [1.165, 1.54) is 11.3 Å². The van der Waals surface area contributed by atoms with Crippen LogP contribution in [-0.4, -0.2) is 9.55 Å². The summed E-state index contributed by atoms with van der Waals surface area (Å²) in [6.45, 7) is 10.9. The van der Waals surface area contributed by atoms with Crippen molar-refractivity contribution in [1.29, 1.82) is 0 Å². The van der Waals surface area contributed by atoms with Gasteiger partial charge in [0.05, 0.1) is 13.2 Å².